The van der Waals surface area contributed by atoms with E-state index in [1.807, 2.05) is 45.0 Å². The quantitative estimate of drug-likeness (QED) is 0.369. The molecule has 1 N–H and O–H groups in total. The predicted octanol–water partition coefficient (Wildman–Crippen LogP) is 3.85. The standard InChI is InChI=1S/C21H31NO6/c1-15(2)28-19-10-8-18(9-11-19)16(3)22-27-12-6-5-7-17-13-25-21(4,20(23)24)26-14-17/h8-11,15,17H,5-7,12-14H2,1-4H3,(H,23,24)/b22-16-. The molecule has 1 heterocycles. The van der Waals surface area contributed by atoms with Gasteiger partial charge >= 0.3 is 5.97 Å². The lowest BCUT2D eigenvalue weighted by Crippen LogP contribution is -2.47. The van der Waals surface area contributed by atoms with Crippen molar-refractivity contribution in [2.75, 3.05) is 19.8 Å². The van der Waals surface area contributed by atoms with Crippen LogP contribution in [0.3, 0.4) is 0 Å². The van der Waals surface area contributed by atoms with Crippen LogP contribution < -0.4 is 4.74 Å². The molecular formula is C21H31NO6. The van der Waals surface area contributed by atoms with Crippen LogP contribution >= 0.6 is 0 Å². The Bertz CT molecular complexity index is 647. The maximum atomic E-state index is 11.0. The average molecular weight is 393 g/mol. The number of benzene rings is 1. The molecule has 7 nitrogen and oxygen atoms in total. The fourth-order valence-electron chi connectivity index (χ4n) is 2.78. The maximum Gasteiger partial charge on any atom is 0.364 e. The van der Waals surface area contributed by atoms with Gasteiger partial charge in [0.05, 0.1) is 25.0 Å². The van der Waals surface area contributed by atoms with Crippen molar-refractivity contribution in [2.45, 2.75) is 58.8 Å². The molecule has 2 rings (SSSR count). The largest absolute Gasteiger partial charge is 0.491 e. The lowest BCUT2D eigenvalue weighted by atomic mass is 10.0. The number of carbonyl (C=O) groups is 1. The highest BCUT2D eigenvalue weighted by atomic mass is 16.7. The fourth-order valence-corrected chi connectivity index (χ4v) is 2.78. The van der Waals surface area contributed by atoms with Gasteiger partial charge in [-0.25, -0.2) is 4.79 Å². The van der Waals surface area contributed by atoms with E-state index < -0.39 is 11.8 Å². The highest BCUT2D eigenvalue weighted by molar-refractivity contribution is 5.98. The average Bonchev–Trinajstić information content (AvgIpc) is 2.66. The topological polar surface area (TPSA) is 86.6 Å². The smallest absolute Gasteiger partial charge is 0.364 e. The fraction of sp³-hybridized carbons (Fsp3) is 0.619. The third-order valence-corrected chi connectivity index (χ3v) is 4.52. The molecule has 7 heteroatoms. The van der Waals surface area contributed by atoms with Crippen LogP contribution in [0.2, 0.25) is 0 Å². The molecule has 0 aromatic heterocycles. The van der Waals surface area contributed by atoms with Gasteiger partial charge in [-0.3, -0.25) is 0 Å². The number of unbranched alkanes of at least 4 members (excludes halogenated alkanes) is 1. The first-order valence-electron chi connectivity index (χ1n) is 9.75. The zero-order valence-corrected chi connectivity index (χ0v) is 17.1. The minimum atomic E-state index is -1.51. The van der Waals surface area contributed by atoms with Gasteiger partial charge in [-0.05, 0) is 69.9 Å². The number of hydrogen-bond acceptors (Lipinski definition) is 6. The SMILES string of the molecule is C/C(=N/OCCCCC1COC(C)(C(=O)O)OC1)c1ccc(OC(C)C)cc1. The normalized spacial score (nSPS) is 22.9. The van der Waals surface area contributed by atoms with Gasteiger partial charge in [0.1, 0.15) is 12.4 Å². The van der Waals surface area contributed by atoms with E-state index in [0.717, 1.165) is 36.3 Å². The molecule has 1 aromatic rings. The molecule has 1 aromatic carbocycles. The van der Waals surface area contributed by atoms with Crippen LogP contribution in [-0.2, 0) is 19.1 Å². The maximum absolute atomic E-state index is 11.0. The molecule has 0 radical (unpaired) electrons. The third kappa shape index (κ3) is 6.80. The summed E-state index contributed by atoms with van der Waals surface area (Å²) in [7, 11) is 0. The van der Waals surface area contributed by atoms with Crippen molar-refractivity contribution in [1.82, 2.24) is 0 Å². The first-order valence-corrected chi connectivity index (χ1v) is 9.75. The number of rotatable bonds is 10. The predicted molar refractivity (Wildman–Crippen MR) is 106 cm³/mol. The lowest BCUT2D eigenvalue weighted by molar-refractivity contribution is -0.271. The van der Waals surface area contributed by atoms with Crippen LogP contribution in [0.1, 0.15) is 52.5 Å². The molecule has 1 saturated heterocycles. The number of oxime groups is 1. The van der Waals surface area contributed by atoms with E-state index in [-0.39, 0.29) is 12.0 Å². The van der Waals surface area contributed by atoms with Gasteiger partial charge in [0.15, 0.2) is 0 Å². The Morgan fingerprint density at radius 3 is 2.46 bits per heavy atom. The van der Waals surface area contributed by atoms with Crippen LogP contribution in [0, 0.1) is 5.92 Å². The lowest BCUT2D eigenvalue weighted by Gasteiger charge is -2.34. The van der Waals surface area contributed by atoms with E-state index in [1.54, 1.807) is 0 Å². The molecule has 156 valence electrons. The van der Waals surface area contributed by atoms with Crippen molar-refractivity contribution in [3.63, 3.8) is 0 Å². The Morgan fingerprint density at radius 2 is 1.89 bits per heavy atom. The van der Waals surface area contributed by atoms with Crippen molar-refractivity contribution < 1.29 is 28.9 Å². The minimum absolute atomic E-state index is 0.150. The monoisotopic (exact) mass is 393 g/mol. The van der Waals surface area contributed by atoms with E-state index in [9.17, 15) is 4.79 Å². The second kappa shape index (κ2) is 10.4. The van der Waals surface area contributed by atoms with Crippen molar-refractivity contribution in [3.05, 3.63) is 29.8 Å². The zero-order chi connectivity index (χ0) is 20.6. The van der Waals surface area contributed by atoms with Gasteiger partial charge in [0.25, 0.3) is 5.79 Å². The van der Waals surface area contributed by atoms with Crippen LogP contribution in [-0.4, -0.2) is 48.5 Å². The molecule has 28 heavy (non-hydrogen) atoms. The molecule has 0 bridgehead atoms. The Kier molecular flexibility index (Phi) is 8.26. The Morgan fingerprint density at radius 1 is 1.25 bits per heavy atom. The summed E-state index contributed by atoms with van der Waals surface area (Å²) in [6.07, 6.45) is 2.86. The van der Waals surface area contributed by atoms with Crippen molar-refractivity contribution >= 4 is 11.7 Å². The number of nitrogens with zero attached hydrogens (tertiary/aromatic N) is 1. The molecule has 0 aliphatic carbocycles. The second-order valence-electron chi connectivity index (χ2n) is 7.44. The van der Waals surface area contributed by atoms with Crippen molar-refractivity contribution in [1.29, 1.82) is 0 Å². The van der Waals surface area contributed by atoms with Crippen molar-refractivity contribution in [2.24, 2.45) is 11.1 Å². The molecule has 1 aliphatic heterocycles. The molecule has 0 saturated carbocycles. The molecule has 0 unspecified atom stereocenters. The first kappa shape index (κ1) is 22.2. The summed E-state index contributed by atoms with van der Waals surface area (Å²) >= 11 is 0. The summed E-state index contributed by atoms with van der Waals surface area (Å²) in [5, 5.41) is 13.2. The Labute approximate surface area is 166 Å². The van der Waals surface area contributed by atoms with Crippen molar-refractivity contribution in [3.8, 4) is 5.75 Å². The van der Waals surface area contributed by atoms with Gasteiger partial charge in [-0.1, -0.05) is 5.16 Å². The summed E-state index contributed by atoms with van der Waals surface area (Å²) in [6.45, 7) is 8.67. The van der Waals surface area contributed by atoms with Crippen LogP contribution in [0.4, 0.5) is 0 Å². The molecule has 0 atom stereocenters. The first-order chi connectivity index (χ1) is 13.3. The third-order valence-electron chi connectivity index (χ3n) is 4.52. The van der Waals surface area contributed by atoms with Crippen LogP contribution in [0.5, 0.6) is 5.75 Å². The molecule has 1 fully saturated rings. The van der Waals surface area contributed by atoms with Gasteiger partial charge in [0, 0.05) is 12.8 Å². The van der Waals surface area contributed by atoms with Gasteiger partial charge in [0.2, 0.25) is 0 Å². The molecule has 0 spiro atoms. The van der Waals surface area contributed by atoms with Gasteiger partial charge in [-0.2, -0.15) is 0 Å². The summed E-state index contributed by atoms with van der Waals surface area (Å²) in [6, 6.07) is 7.79. The number of carboxylic acids is 1. The molecular weight excluding hydrogens is 362 g/mol. The summed E-state index contributed by atoms with van der Waals surface area (Å²) in [5.41, 5.74) is 1.81. The van der Waals surface area contributed by atoms with Gasteiger partial charge in [-0.15, -0.1) is 0 Å². The number of carboxylic acid groups (broad SMARTS) is 1. The van der Waals surface area contributed by atoms with E-state index >= 15 is 0 Å². The summed E-state index contributed by atoms with van der Waals surface area (Å²) in [4.78, 5) is 16.5. The van der Waals surface area contributed by atoms with Crippen LogP contribution in [0.15, 0.2) is 29.4 Å². The highest BCUT2D eigenvalue weighted by Crippen LogP contribution is 2.24. The van der Waals surface area contributed by atoms with E-state index in [2.05, 4.69) is 5.16 Å². The van der Waals surface area contributed by atoms with E-state index in [1.165, 1.54) is 6.92 Å². The zero-order valence-electron chi connectivity index (χ0n) is 17.1. The van der Waals surface area contributed by atoms with E-state index in [4.69, 9.17) is 24.2 Å². The number of aliphatic carboxylic acids is 1. The Hall–Kier alpha value is -2.12. The second-order valence-corrected chi connectivity index (χ2v) is 7.44. The Balaban J connectivity index is 1.62. The number of ether oxygens (including phenoxy) is 3. The highest BCUT2D eigenvalue weighted by Gasteiger charge is 2.40. The van der Waals surface area contributed by atoms with Crippen LogP contribution in [0.25, 0.3) is 0 Å². The molecule has 1 aliphatic rings. The van der Waals surface area contributed by atoms with Gasteiger partial charge < -0.3 is 24.2 Å². The summed E-state index contributed by atoms with van der Waals surface area (Å²) < 4.78 is 16.3. The summed E-state index contributed by atoms with van der Waals surface area (Å²) in [5.74, 6) is -1.55. The molecule has 0 amide bonds. The minimum Gasteiger partial charge on any atom is -0.491 e. The number of hydrogen-bond donors (Lipinski definition) is 1. The van der Waals surface area contributed by atoms with E-state index in [0.29, 0.717) is 19.8 Å².